The van der Waals surface area contributed by atoms with Crippen LogP contribution < -0.4 is 5.32 Å². The summed E-state index contributed by atoms with van der Waals surface area (Å²) < 4.78 is 23.7. The summed E-state index contributed by atoms with van der Waals surface area (Å²) in [5, 5.41) is 3.39. The summed E-state index contributed by atoms with van der Waals surface area (Å²) >= 11 is 3.49. The molecule has 0 spiro atoms. The van der Waals surface area contributed by atoms with E-state index >= 15 is 0 Å². The topological polar surface area (TPSA) is 46.2 Å². The number of hydrogen-bond acceptors (Lipinski definition) is 3. The van der Waals surface area contributed by atoms with Crippen LogP contribution in [-0.2, 0) is 9.84 Å². The first-order valence-electron chi connectivity index (χ1n) is 5.69. The van der Waals surface area contributed by atoms with Crippen molar-refractivity contribution in [3.63, 3.8) is 0 Å². The maximum absolute atomic E-state index is 11.3. The highest BCUT2D eigenvalue weighted by Crippen LogP contribution is 2.23. The van der Waals surface area contributed by atoms with Gasteiger partial charge in [-0.25, -0.2) is 8.42 Å². The zero-order chi connectivity index (χ0) is 12.5. The molecule has 0 unspecified atom stereocenters. The predicted molar refractivity (Wildman–Crippen MR) is 74.2 cm³/mol. The Morgan fingerprint density at radius 2 is 1.94 bits per heavy atom. The highest BCUT2D eigenvalue weighted by molar-refractivity contribution is 9.10. The van der Waals surface area contributed by atoms with Crippen LogP contribution in [0.5, 0.6) is 0 Å². The van der Waals surface area contributed by atoms with Gasteiger partial charge < -0.3 is 5.32 Å². The summed E-state index contributed by atoms with van der Waals surface area (Å²) in [5.41, 5.74) is 2.24. The highest BCUT2D eigenvalue weighted by atomic mass is 79.9. The lowest BCUT2D eigenvalue weighted by Crippen LogP contribution is -2.32. The Balaban J connectivity index is 2.00. The van der Waals surface area contributed by atoms with Crippen LogP contribution in [0.25, 0.3) is 0 Å². The van der Waals surface area contributed by atoms with Crippen molar-refractivity contribution in [1.82, 2.24) is 0 Å². The average Bonchev–Trinajstić information content (AvgIpc) is 2.27. The molecular weight excluding hydrogens is 302 g/mol. The summed E-state index contributed by atoms with van der Waals surface area (Å²) in [5.74, 6) is 0.607. The minimum absolute atomic E-state index is 0.271. The number of hydrogen-bond donors (Lipinski definition) is 1. The van der Waals surface area contributed by atoms with Crippen molar-refractivity contribution < 1.29 is 8.42 Å². The molecule has 0 radical (unpaired) electrons. The van der Waals surface area contributed by atoms with E-state index in [1.54, 1.807) is 0 Å². The van der Waals surface area contributed by atoms with Gasteiger partial charge in [-0.3, -0.25) is 0 Å². The predicted octanol–water partition coefficient (Wildman–Crippen LogP) is 2.75. The normalized spacial score (nSPS) is 20.1. The van der Waals surface area contributed by atoms with Gasteiger partial charge in [-0.15, -0.1) is 0 Å². The second-order valence-electron chi connectivity index (χ2n) is 4.53. The number of halogens is 1. The van der Waals surface area contributed by atoms with Crippen molar-refractivity contribution in [2.45, 2.75) is 25.8 Å². The standard InChI is InChI=1S/C12H16BrNO2S/c1-9-2-3-11(8-12(9)13)14-10-4-6-17(15,16)7-5-10/h2-3,8,10,14H,4-7H2,1H3. The van der Waals surface area contributed by atoms with E-state index in [2.05, 4.69) is 21.2 Å². The molecule has 1 aromatic carbocycles. The minimum atomic E-state index is -2.77. The number of benzene rings is 1. The molecule has 1 N–H and O–H groups in total. The molecule has 1 aliphatic heterocycles. The quantitative estimate of drug-likeness (QED) is 0.912. The molecule has 5 heteroatoms. The lowest BCUT2D eigenvalue weighted by Gasteiger charge is -2.24. The Labute approximate surface area is 111 Å². The summed E-state index contributed by atoms with van der Waals surface area (Å²) in [7, 11) is -2.77. The number of nitrogens with one attached hydrogen (secondary N) is 1. The van der Waals surface area contributed by atoms with Gasteiger partial charge >= 0.3 is 0 Å². The molecule has 0 amide bonds. The minimum Gasteiger partial charge on any atom is -0.382 e. The number of aryl methyl sites for hydroxylation is 1. The molecule has 1 fully saturated rings. The van der Waals surface area contributed by atoms with Crippen molar-refractivity contribution in [3.05, 3.63) is 28.2 Å². The molecule has 0 atom stereocenters. The van der Waals surface area contributed by atoms with Gasteiger partial charge in [0, 0.05) is 16.2 Å². The third-order valence-electron chi connectivity index (χ3n) is 3.10. The molecule has 94 valence electrons. The molecular formula is C12H16BrNO2S. The summed E-state index contributed by atoms with van der Waals surface area (Å²) in [6, 6.07) is 6.39. The van der Waals surface area contributed by atoms with E-state index in [1.807, 2.05) is 25.1 Å². The van der Waals surface area contributed by atoms with Gasteiger partial charge in [0.15, 0.2) is 0 Å². The molecule has 0 saturated carbocycles. The first-order chi connectivity index (χ1) is 7.96. The molecule has 2 rings (SSSR count). The van der Waals surface area contributed by atoms with Crippen LogP contribution in [0, 0.1) is 6.92 Å². The maximum atomic E-state index is 11.3. The van der Waals surface area contributed by atoms with Crippen molar-refractivity contribution in [2.24, 2.45) is 0 Å². The van der Waals surface area contributed by atoms with Gasteiger partial charge in [0.2, 0.25) is 0 Å². The summed E-state index contributed by atoms with van der Waals surface area (Å²) in [6.07, 6.45) is 1.40. The van der Waals surface area contributed by atoms with E-state index < -0.39 is 9.84 Å². The summed E-state index contributed by atoms with van der Waals surface area (Å²) in [6.45, 7) is 2.04. The Morgan fingerprint density at radius 1 is 1.29 bits per heavy atom. The van der Waals surface area contributed by atoms with E-state index in [0.717, 1.165) is 10.2 Å². The first kappa shape index (κ1) is 12.9. The smallest absolute Gasteiger partial charge is 0.150 e. The zero-order valence-corrected chi connectivity index (χ0v) is 12.1. The number of anilines is 1. The lowest BCUT2D eigenvalue weighted by molar-refractivity contribution is 0.559. The molecule has 3 nitrogen and oxygen atoms in total. The van der Waals surface area contributed by atoms with Gasteiger partial charge in [-0.05, 0) is 37.5 Å². The Bertz CT molecular complexity index is 499. The molecule has 1 saturated heterocycles. The lowest BCUT2D eigenvalue weighted by atomic mass is 10.1. The van der Waals surface area contributed by atoms with Crippen LogP contribution in [0.1, 0.15) is 18.4 Å². The van der Waals surface area contributed by atoms with Crippen molar-refractivity contribution >= 4 is 31.5 Å². The van der Waals surface area contributed by atoms with Crippen molar-refractivity contribution in [2.75, 3.05) is 16.8 Å². The molecule has 0 bridgehead atoms. The second kappa shape index (κ2) is 4.98. The molecule has 0 aliphatic carbocycles. The van der Waals surface area contributed by atoms with Gasteiger partial charge in [-0.1, -0.05) is 22.0 Å². The van der Waals surface area contributed by atoms with E-state index in [-0.39, 0.29) is 6.04 Å². The number of sulfone groups is 1. The van der Waals surface area contributed by atoms with Gasteiger partial charge in [0.1, 0.15) is 9.84 Å². The Kier molecular flexibility index (Phi) is 3.78. The third kappa shape index (κ3) is 3.45. The highest BCUT2D eigenvalue weighted by Gasteiger charge is 2.23. The molecule has 17 heavy (non-hydrogen) atoms. The van der Waals surface area contributed by atoms with Gasteiger partial charge in [-0.2, -0.15) is 0 Å². The van der Waals surface area contributed by atoms with E-state index in [4.69, 9.17) is 0 Å². The van der Waals surface area contributed by atoms with Crippen LogP contribution in [0.4, 0.5) is 5.69 Å². The maximum Gasteiger partial charge on any atom is 0.150 e. The fourth-order valence-corrected chi connectivity index (χ4v) is 3.82. The zero-order valence-electron chi connectivity index (χ0n) is 9.74. The third-order valence-corrected chi connectivity index (χ3v) is 5.67. The van der Waals surface area contributed by atoms with Crippen LogP contribution in [0.3, 0.4) is 0 Å². The largest absolute Gasteiger partial charge is 0.382 e. The van der Waals surface area contributed by atoms with E-state index in [0.29, 0.717) is 24.3 Å². The Morgan fingerprint density at radius 3 is 2.53 bits per heavy atom. The number of rotatable bonds is 2. The first-order valence-corrected chi connectivity index (χ1v) is 8.31. The van der Waals surface area contributed by atoms with E-state index in [9.17, 15) is 8.42 Å². The van der Waals surface area contributed by atoms with Crippen LogP contribution in [-0.4, -0.2) is 26.0 Å². The molecule has 0 aromatic heterocycles. The van der Waals surface area contributed by atoms with Crippen molar-refractivity contribution in [3.8, 4) is 0 Å². The fraction of sp³-hybridized carbons (Fsp3) is 0.500. The van der Waals surface area contributed by atoms with Crippen molar-refractivity contribution in [1.29, 1.82) is 0 Å². The van der Waals surface area contributed by atoms with Crippen LogP contribution in [0.2, 0.25) is 0 Å². The summed E-state index contributed by atoms with van der Waals surface area (Å²) in [4.78, 5) is 0. The van der Waals surface area contributed by atoms with Crippen LogP contribution >= 0.6 is 15.9 Å². The molecule has 1 aliphatic rings. The van der Waals surface area contributed by atoms with Gasteiger partial charge in [0.25, 0.3) is 0 Å². The molecule has 1 heterocycles. The average molecular weight is 318 g/mol. The fourth-order valence-electron chi connectivity index (χ4n) is 1.95. The van der Waals surface area contributed by atoms with Gasteiger partial charge in [0.05, 0.1) is 11.5 Å². The molecule has 1 aromatic rings. The van der Waals surface area contributed by atoms with E-state index in [1.165, 1.54) is 5.56 Å². The monoisotopic (exact) mass is 317 g/mol. The van der Waals surface area contributed by atoms with Crippen LogP contribution in [0.15, 0.2) is 22.7 Å². The second-order valence-corrected chi connectivity index (χ2v) is 7.69. The Hall–Kier alpha value is -0.550. The SMILES string of the molecule is Cc1ccc(NC2CCS(=O)(=O)CC2)cc1Br.